The number of hydrogen-bond donors (Lipinski definition) is 2. The molecule has 146 valence electrons. The Balaban J connectivity index is 2.44. The smallest absolute Gasteiger partial charge is 0.0423 e. The zero-order valence-corrected chi connectivity index (χ0v) is 17.9. The normalized spacial score (nSPS) is 19.2. The maximum absolute atomic E-state index is 4.36. The molecule has 0 unspecified atom stereocenters. The zero-order chi connectivity index (χ0) is 21.0. The lowest BCUT2D eigenvalue weighted by atomic mass is 9.89. The highest BCUT2D eigenvalue weighted by Crippen LogP contribution is 2.32. The molecule has 0 aliphatic carbocycles. The minimum Gasteiger partial charge on any atom is -0.380 e. The van der Waals surface area contributed by atoms with Crippen LogP contribution in [0.25, 0.3) is 0 Å². The predicted molar refractivity (Wildman–Crippen MR) is 124 cm³/mol. The molecular formula is C26H32N2. The van der Waals surface area contributed by atoms with E-state index in [0.717, 1.165) is 56.1 Å². The van der Waals surface area contributed by atoms with Crippen LogP contribution in [0.5, 0.6) is 0 Å². The van der Waals surface area contributed by atoms with E-state index in [0.29, 0.717) is 6.54 Å². The first-order valence-electron chi connectivity index (χ1n) is 9.53. The van der Waals surface area contributed by atoms with Crippen LogP contribution in [0.3, 0.4) is 0 Å². The van der Waals surface area contributed by atoms with Crippen LogP contribution in [-0.2, 0) is 0 Å². The largest absolute Gasteiger partial charge is 0.380 e. The summed E-state index contributed by atoms with van der Waals surface area (Å²) in [6.07, 6.45) is 10.3. The molecule has 2 rings (SSSR count). The molecule has 0 aromatic heterocycles. The molecule has 0 aromatic carbocycles. The summed E-state index contributed by atoms with van der Waals surface area (Å²) in [4.78, 5) is 0. The summed E-state index contributed by atoms with van der Waals surface area (Å²) in [5, 5.41) is 7.02. The molecule has 2 heterocycles. The van der Waals surface area contributed by atoms with Gasteiger partial charge >= 0.3 is 0 Å². The highest BCUT2D eigenvalue weighted by molar-refractivity contribution is 5.62. The summed E-state index contributed by atoms with van der Waals surface area (Å²) in [6, 6.07) is 0. The van der Waals surface area contributed by atoms with Crippen molar-refractivity contribution in [2.45, 2.75) is 34.6 Å². The first kappa shape index (κ1) is 21.3. The fraction of sp³-hybridized carbons (Fsp3) is 0.231. The quantitative estimate of drug-likeness (QED) is 0.552. The van der Waals surface area contributed by atoms with Gasteiger partial charge in [0.25, 0.3) is 0 Å². The van der Waals surface area contributed by atoms with Gasteiger partial charge in [-0.25, -0.2) is 0 Å². The fourth-order valence-corrected chi connectivity index (χ4v) is 3.15. The number of rotatable bonds is 5. The second kappa shape index (κ2) is 8.79. The summed E-state index contributed by atoms with van der Waals surface area (Å²) in [6.45, 7) is 27.6. The van der Waals surface area contributed by atoms with Gasteiger partial charge in [-0.15, -0.1) is 0 Å². The number of nitrogens with one attached hydrogen (secondary N) is 2. The fourth-order valence-electron chi connectivity index (χ4n) is 3.15. The van der Waals surface area contributed by atoms with Gasteiger partial charge in [0, 0.05) is 29.2 Å². The Hall–Kier alpha value is -3.00. The average Bonchev–Trinajstić information content (AvgIpc) is 2.63. The van der Waals surface area contributed by atoms with Gasteiger partial charge in [0.1, 0.15) is 0 Å². The molecule has 0 aromatic rings. The molecule has 0 radical (unpaired) electrons. The average molecular weight is 373 g/mol. The number of hydrogen-bond acceptors (Lipinski definition) is 2. The van der Waals surface area contributed by atoms with Crippen LogP contribution in [0.1, 0.15) is 34.6 Å². The molecule has 0 saturated heterocycles. The summed E-state index contributed by atoms with van der Waals surface area (Å²) < 4.78 is 0. The van der Waals surface area contributed by atoms with Crippen LogP contribution in [-0.4, -0.2) is 6.54 Å². The molecule has 2 nitrogen and oxygen atoms in total. The lowest BCUT2D eigenvalue weighted by Crippen LogP contribution is -2.25. The van der Waals surface area contributed by atoms with E-state index >= 15 is 0 Å². The van der Waals surface area contributed by atoms with Gasteiger partial charge in [0.15, 0.2) is 0 Å². The molecule has 0 spiro atoms. The van der Waals surface area contributed by atoms with Crippen molar-refractivity contribution in [2.24, 2.45) is 0 Å². The predicted octanol–water partition coefficient (Wildman–Crippen LogP) is 6.32. The highest BCUT2D eigenvalue weighted by atomic mass is 14.9. The van der Waals surface area contributed by atoms with Crippen molar-refractivity contribution in [3.05, 3.63) is 118 Å². The van der Waals surface area contributed by atoms with E-state index in [-0.39, 0.29) is 0 Å². The van der Waals surface area contributed by atoms with E-state index in [2.05, 4.69) is 82.9 Å². The summed E-state index contributed by atoms with van der Waals surface area (Å²) in [7, 11) is 0. The van der Waals surface area contributed by atoms with E-state index < -0.39 is 0 Å². The third-order valence-corrected chi connectivity index (χ3v) is 4.95. The molecule has 2 N–H and O–H groups in total. The van der Waals surface area contributed by atoms with Gasteiger partial charge in [-0.3, -0.25) is 0 Å². The molecular weight excluding hydrogens is 340 g/mol. The van der Waals surface area contributed by atoms with Crippen molar-refractivity contribution in [2.75, 3.05) is 6.54 Å². The van der Waals surface area contributed by atoms with E-state index in [1.54, 1.807) is 0 Å². The molecule has 28 heavy (non-hydrogen) atoms. The lowest BCUT2D eigenvalue weighted by Gasteiger charge is -2.27. The molecule has 0 bridgehead atoms. The Kier molecular flexibility index (Phi) is 6.69. The zero-order valence-electron chi connectivity index (χ0n) is 17.9. The van der Waals surface area contributed by atoms with Crippen molar-refractivity contribution < 1.29 is 0 Å². The van der Waals surface area contributed by atoms with E-state index in [9.17, 15) is 0 Å². The van der Waals surface area contributed by atoms with Gasteiger partial charge in [0.05, 0.1) is 0 Å². The van der Waals surface area contributed by atoms with Crippen molar-refractivity contribution in [3.63, 3.8) is 0 Å². The summed E-state index contributed by atoms with van der Waals surface area (Å²) in [5.74, 6) is 0. The van der Waals surface area contributed by atoms with Crippen molar-refractivity contribution in [1.29, 1.82) is 0 Å². The minimum atomic E-state index is 0.713. The van der Waals surface area contributed by atoms with Crippen LogP contribution in [0.4, 0.5) is 0 Å². The van der Waals surface area contributed by atoms with Crippen LogP contribution in [0, 0.1) is 0 Å². The highest BCUT2D eigenvalue weighted by Gasteiger charge is 2.20. The maximum atomic E-state index is 4.36. The van der Waals surface area contributed by atoms with Gasteiger partial charge in [-0.05, 0) is 80.7 Å². The molecule has 2 aliphatic heterocycles. The first-order valence-corrected chi connectivity index (χ1v) is 9.53. The van der Waals surface area contributed by atoms with Gasteiger partial charge in [-0.2, -0.15) is 0 Å². The van der Waals surface area contributed by atoms with Gasteiger partial charge in [-0.1, -0.05) is 49.6 Å². The minimum absolute atomic E-state index is 0.713. The van der Waals surface area contributed by atoms with E-state index in [1.807, 2.05) is 19.1 Å². The van der Waals surface area contributed by atoms with Crippen LogP contribution < -0.4 is 10.6 Å². The Morgan fingerprint density at radius 1 is 0.964 bits per heavy atom. The van der Waals surface area contributed by atoms with Gasteiger partial charge < -0.3 is 10.6 Å². The Morgan fingerprint density at radius 2 is 1.61 bits per heavy atom. The summed E-state index contributed by atoms with van der Waals surface area (Å²) >= 11 is 0. The number of allylic oxidation sites excluding steroid dienone is 11. The molecule has 0 fully saturated rings. The third kappa shape index (κ3) is 4.64. The molecule has 0 atom stereocenters. The molecule has 2 aliphatic rings. The van der Waals surface area contributed by atoms with E-state index in [4.69, 9.17) is 0 Å². The van der Waals surface area contributed by atoms with Crippen LogP contribution in [0.15, 0.2) is 118 Å². The SMILES string of the molecule is C=CC1=C(C=C(C)C)C(=C)/C(=C/C2=C(C)C(=C)C(C)=C(/C=C\C(=C)C)N2)CN1. The Bertz CT molecular complexity index is 933. The Morgan fingerprint density at radius 3 is 2.18 bits per heavy atom. The second-order valence-corrected chi connectivity index (χ2v) is 7.62. The van der Waals surface area contributed by atoms with Crippen molar-refractivity contribution in [3.8, 4) is 0 Å². The first-order chi connectivity index (χ1) is 13.1. The lowest BCUT2D eigenvalue weighted by molar-refractivity contribution is 0.858. The topological polar surface area (TPSA) is 24.1 Å². The molecule has 0 amide bonds. The maximum Gasteiger partial charge on any atom is 0.0423 e. The standard InChI is InChI=1S/C26H32N2/c1-10-24-23(13-17(4)5)21(9)22(15-27-24)14-26-20(8)18(6)19(7)25(28-26)12-11-16(2)3/h10-14,27-28H,1-2,6,9,15H2,3-5,7-8H3/b12-11-,22-14+. The third-order valence-electron chi connectivity index (χ3n) is 4.95. The molecule has 0 saturated carbocycles. The van der Waals surface area contributed by atoms with E-state index in [1.165, 1.54) is 5.57 Å². The number of dihydropyridines is 1. The van der Waals surface area contributed by atoms with Gasteiger partial charge in [0.2, 0.25) is 0 Å². The van der Waals surface area contributed by atoms with Crippen LogP contribution >= 0.6 is 0 Å². The van der Waals surface area contributed by atoms with Crippen molar-refractivity contribution in [1.82, 2.24) is 10.6 Å². The Labute approximate surface area is 170 Å². The van der Waals surface area contributed by atoms with Crippen LogP contribution in [0.2, 0.25) is 0 Å². The summed E-state index contributed by atoms with van der Waals surface area (Å²) in [5.41, 5.74) is 12.0. The molecule has 2 heteroatoms. The second-order valence-electron chi connectivity index (χ2n) is 7.62. The monoisotopic (exact) mass is 372 g/mol. The van der Waals surface area contributed by atoms with Crippen molar-refractivity contribution >= 4 is 0 Å².